The van der Waals surface area contributed by atoms with E-state index in [0.29, 0.717) is 53.9 Å². The molecule has 3 heterocycles. The van der Waals surface area contributed by atoms with Crippen molar-refractivity contribution < 1.29 is 14.3 Å². The number of para-hydroxylation sites is 1. The number of fused-ring (bicyclic) bond motifs is 1. The van der Waals surface area contributed by atoms with Gasteiger partial charge in [0.05, 0.1) is 34.2 Å². The molecule has 2 fully saturated rings. The average molecular weight is 498 g/mol. The van der Waals surface area contributed by atoms with Gasteiger partial charge in [0.25, 0.3) is 11.5 Å². The molecule has 1 aromatic carbocycles. The van der Waals surface area contributed by atoms with Crippen molar-refractivity contribution in [2.45, 2.75) is 19.8 Å². The predicted octanol–water partition coefficient (Wildman–Crippen LogP) is 3.71. The first-order chi connectivity index (χ1) is 16.4. The second-order valence-corrected chi connectivity index (χ2v) is 9.91. The Morgan fingerprint density at radius 3 is 2.65 bits per heavy atom. The van der Waals surface area contributed by atoms with Gasteiger partial charge in [0.1, 0.15) is 4.32 Å². The smallest absolute Gasteiger partial charge is 0.309 e. The summed E-state index contributed by atoms with van der Waals surface area (Å²) in [6.07, 6.45) is 4.58. The summed E-state index contributed by atoms with van der Waals surface area (Å²) in [6.45, 7) is 7.41. The zero-order valence-electron chi connectivity index (χ0n) is 19.3. The minimum absolute atomic E-state index is 0.146. The maximum absolute atomic E-state index is 13.5. The number of piperidine rings is 1. The van der Waals surface area contributed by atoms with Crippen LogP contribution in [0.5, 0.6) is 0 Å². The molecule has 2 aromatic rings. The first kappa shape index (κ1) is 24.2. The van der Waals surface area contributed by atoms with Crippen LogP contribution in [0, 0.1) is 5.92 Å². The minimum atomic E-state index is -0.225. The number of carbonyl (C=O) groups excluding carboxylic acids is 2. The summed E-state index contributed by atoms with van der Waals surface area (Å²) in [7, 11) is 1.74. The van der Waals surface area contributed by atoms with Crippen LogP contribution in [0.15, 0.2) is 46.6 Å². The van der Waals surface area contributed by atoms with E-state index < -0.39 is 0 Å². The molecule has 0 unspecified atom stereocenters. The molecule has 0 radical (unpaired) electrons. The van der Waals surface area contributed by atoms with Crippen LogP contribution >= 0.6 is 24.0 Å². The number of amides is 1. The molecule has 1 aromatic heterocycles. The number of thiocarbonyl (C=S) groups is 1. The number of nitrogens with zero attached hydrogens (tertiary/aromatic N) is 3. The second-order valence-electron chi connectivity index (χ2n) is 8.24. The minimum Gasteiger partial charge on any atom is -0.466 e. The molecule has 2 saturated heterocycles. The summed E-state index contributed by atoms with van der Waals surface area (Å²) >= 11 is 6.57. The molecule has 9 heteroatoms. The summed E-state index contributed by atoms with van der Waals surface area (Å²) in [5, 5.41) is 0.923. The highest BCUT2D eigenvalue weighted by Gasteiger charge is 2.33. The molecule has 0 saturated carbocycles. The number of thioether (sulfide) groups is 1. The molecule has 0 aliphatic carbocycles. The van der Waals surface area contributed by atoms with Crippen molar-refractivity contribution in [3.8, 4) is 0 Å². The van der Waals surface area contributed by atoms with Gasteiger partial charge in [0, 0.05) is 32.1 Å². The fraction of sp³-hybridized carbons (Fsp3) is 0.360. The standard InChI is InChI=1S/C25H27N3O4S2/c1-4-12-28-23(30)20(34-25(28)33)15-18-21(17-8-6-7-9-19(17)26(3)22(18)29)27-13-10-16(11-14-27)24(31)32-5-2/h4,6-9,15-16H,1,5,10-14H2,2-3H3. The van der Waals surface area contributed by atoms with E-state index in [1.807, 2.05) is 31.2 Å². The number of anilines is 1. The van der Waals surface area contributed by atoms with Crippen molar-refractivity contribution in [2.75, 3.05) is 31.1 Å². The van der Waals surface area contributed by atoms with Crippen molar-refractivity contribution >= 4 is 62.8 Å². The molecule has 0 atom stereocenters. The van der Waals surface area contributed by atoms with Gasteiger partial charge in [0.15, 0.2) is 0 Å². The lowest BCUT2D eigenvalue weighted by molar-refractivity contribution is -0.148. The Morgan fingerprint density at radius 2 is 1.97 bits per heavy atom. The number of ether oxygens (including phenoxy) is 1. The molecule has 34 heavy (non-hydrogen) atoms. The average Bonchev–Trinajstić information content (AvgIpc) is 3.10. The molecule has 4 rings (SSSR count). The van der Waals surface area contributed by atoms with Crippen LogP contribution in [0.1, 0.15) is 25.3 Å². The number of hydrogen-bond acceptors (Lipinski definition) is 7. The molecule has 178 valence electrons. The first-order valence-corrected chi connectivity index (χ1v) is 12.5. The third-order valence-electron chi connectivity index (χ3n) is 6.20. The lowest BCUT2D eigenvalue weighted by Gasteiger charge is -2.34. The summed E-state index contributed by atoms with van der Waals surface area (Å²) in [5.41, 5.74) is 1.87. The van der Waals surface area contributed by atoms with E-state index in [0.717, 1.165) is 16.6 Å². The molecule has 0 N–H and O–H groups in total. The second kappa shape index (κ2) is 10.1. The highest BCUT2D eigenvalue weighted by Crippen LogP contribution is 2.37. The SMILES string of the molecule is C=CCN1C(=O)C(=Cc2c(N3CCC(C(=O)OCC)CC3)c3ccccc3n(C)c2=O)SC1=S. The van der Waals surface area contributed by atoms with E-state index in [1.54, 1.807) is 23.8 Å². The third kappa shape index (κ3) is 4.42. The molecule has 2 aliphatic rings. The molecule has 0 bridgehead atoms. The van der Waals surface area contributed by atoms with Gasteiger partial charge in [-0.05, 0) is 31.9 Å². The lowest BCUT2D eigenvalue weighted by Crippen LogP contribution is -2.38. The number of esters is 1. The number of rotatable bonds is 6. The Labute approximate surface area is 208 Å². The fourth-order valence-electron chi connectivity index (χ4n) is 4.49. The molecule has 0 spiro atoms. The zero-order chi connectivity index (χ0) is 24.4. The zero-order valence-corrected chi connectivity index (χ0v) is 20.9. The Morgan fingerprint density at radius 1 is 1.26 bits per heavy atom. The van der Waals surface area contributed by atoms with Crippen molar-refractivity contribution in [1.82, 2.24) is 9.47 Å². The van der Waals surface area contributed by atoms with Crippen LogP contribution in [0.3, 0.4) is 0 Å². The van der Waals surface area contributed by atoms with E-state index in [9.17, 15) is 14.4 Å². The number of aromatic nitrogens is 1. The summed E-state index contributed by atoms with van der Waals surface area (Å²) in [6, 6.07) is 7.74. The number of benzene rings is 1. The number of carbonyl (C=O) groups is 2. The van der Waals surface area contributed by atoms with Crippen LogP contribution in [0.2, 0.25) is 0 Å². The Bertz CT molecular complexity index is 1260. The van der Waals surface area contributed by atoms with E-state index in [4.69, 9.17) is 17.0 Å². The van der Waals surface area contributed by atoms with E-state index in [-0.39, 0.29) is 23.4 Å². The maximum Gasteiger partial charge on any atom is 0.309 e. The van der Waals surface area contributed by atoms with Gasteiger partial charge in [-0.25, -0.2) is 0 Å². The van der Waals surface area contributed by atoms with Crippen LogP contribution < -0.4 is 10.5 Å². The van der Waals surface area contributed by atoms with Crippen molar-refractivity contribution in [3.63, 3.8) is 0 Å². The third-order valence-corrected chi connectivity index (χ3v) is 7.58. The monoisotopic (exact) mass is 497 g/mol. The normalized spacial score (nSPS) is 18.2. The fourth-order valence-corrected chi connectivity index (χ4v) is 5.75. The van der Waals surface area contributed by atoms with Gasteiger partial charge in [-0.2, -0.15) is 0 Å². The van der Waals surface area contributed by atoms with Gasteiger partial charge in [-0.1, -0.05) is 48.3 Å². The summed E-state index contributed by atoms with van der Waals surface area (Å²) < 4.78 is 7.27. The van der Waals surface area contributed by atoms with Crippen molar-refractivity contribution in [3.05, 3.63) is 57.7 Å². The van der Waals surface area contributed by atoms with Gasteiger partial charge in [0.2, 0.25) is 0 Å². The Kier molecular flexibility index (Phi) is 7.23. The number of aryl methyl sites for hydroxylation is 1. The van der Waals surface area contributed by atoms with Crippen molar-refractivity contribution in [1.29, 1.82) is 0 Å². The Balaban J connectivity index is 1.80. The largest absolute Gasteiger partial charge is 0.466 e. The van der Waals surface area contributed by atoms with Gasteiger partial charge < -0.3 is 14.2 Å². The number of pyridine rings is 1. The maximum atomic E-state index is 13.5. The van der Waals surface area contributed by atoms with Gasteiger partial charge >= 0.3 is 5.97 Å². The van der Waals surface area contributed by atoms with Crippen molar-refractivity contribution in [2.24, 2.45) is 13.0 Å². The van der Waals surface area contributed by atoms with E-state index in [2.05, 4.69) is 11.5 Å². The van der Waals surface area contributed by atoms with Crippen LogP contribution in [0.4, 0.5) is 5.69 Å². The highest BCUT2D eigenvalue weighted by atomic mass is 32.2. The van der Waals surface area contributed by atoms with E-state index >= 15 is 0 Å². The highest BCUT2D eigenvalue weighted by molar-refractivity contribution is 8.26. The van der Waals surface area contributed by atoms with Crippen LogP contribution in [-0.2, 0) is 21.4 Å². The summed E-state index contributed by atoms with van der Waals surface area (Å²) in [5.74, 6) is -0.535. The number of hydrogen-bond donors (Lipinski definition) is 0. The predicted molar refractivity (Wildman–Crippen MR) is 141 cm³/mol. The molecular weight excluding hydrogens is 470 g/mol. The molecule has 7 nitrogen and oxygen atoms in total. The molecular formula is C25H27N3O4S2. The topological polar surface area (TPSA) is 71.9 Å². The van der Waals surface area contributed by atoms with E-state index in [1.165, 1.54) is 16.7 Å². The quantitative estimate of drug-likeness (QED) is 0.261. The van der Waals surface area contributed by atoms with Gasteiger partial charge in [-0.3, -0.25) is 19.3 Å². The molecule has 2 aliphatic heterocycles. The summed E-state index contributed by atoms with van der Waals surface area (Å²) in [4.78, 5) is 42.8. The molecule has 1 amide bonds. The van der Waals surface area contributed by atoms with Gasteiger partial charge in [-0.15, -0.1) is 6.58 Å². The van der Waals surface area contributed by atoms with Crippen LogP contribution in [0.25, 0.3) is 17.0 Å². The first-order valence-electron chi connectivity index (χ1n) is 11.3. The Hall–Kier alpha value is -2.91. The van der Waals surface area contributed by atoms with Crippen LogP contribution in [-0.4, -0.2) is 51.9 Å². The lowest BCUT2D eigenvalue weighted by atomic mass is 9.95.